The van der Waals surface area contributed by atoms with Crippen LogP contribution in [0.2, 0.25) is 0 Å². The van der Waals surface area contributed by atoms with Crippen LogP contribution in [0.5, 0.6) is 11.5 Å². The molecule has 12 rings (SSSR count). The molecule has 6 aliphatic rings. The molecule has 0 amide bonds. The number of hydrogen-bond acceptors (Lipinski definition) is 5. The zero-order valence-electron chi connectivity index (χ0n) is 27.4. The first kappa shape index (κ1) is 28.0. The summed E-state index contributed by atoms with van der Waals surface area (Å²) in [5.74, 6) is 1.65. The summed E-state index contributed by atoms with van der Waals surface area (Å²) in [6.45, 7) is 0.757. The van der Waals surface area contributed by atoms with E-state index in [4.69, 9.17) is 4.74 Å². The third kappa shape index (κ3) is 3.40. The molecule has 0 atom stereocenters. The van der Waals surface area contributed by atoms with Crippen molar-refractivity contribution < 1.29 is 22.4 Å². The number of rotatable bonds is 0. The molecule has 246 valence electrons. The molecule has 0 unspecified atom stereocenters. The van der Waals surface area contributed by atoms with Crippen LogP contribution in [0, 0.1) is 0 Å². The van der Waals surface area contributed by atoms with Gasteiger partial charge in [-0.15, -0.1) is 0 Å². The van der Waals surface area contributed by atoms with Gasteiger partial charge in [0.15, 0.2) is 0 Å². The van der Waals surface area contributed by atoms with Crippen LogP contribution in [0.25, 0.3) is 22.3 Å². The van der Waals surface area contributed by atoms with Crippen molar-refractivity contribution in [3.8, 4) is 33.8 Å². The second kappa shape index (κ2) is 9.93. The molecule has 0 saturated carbocycles. The Labute approximate surface area is 304 Å². The third-order valence-corrected chi connectivity index (χ3v) is 14.8. The molecule has 0 saturated heterocycles. The molecule has 6 bridgehead atoms. The van der Waals surface area contributed by atoms with E-state index in [1.54, 1.807) is 0 Å². The molecule has 6 aromatic carbocycles. The third-order valence-electron chi connectivity index (χ3n) is 11.4. The predicted molar refractivity (Wildman–Crippen MR) is 197 cm³/mol. The standard InChI is InChI=1S/C45H30N4O.Pt/c1-5-19-40-36(15-1)37-16-2-6-20-41(37)44(40)32-11-9-13-34(27-32)50-35-14-10-12-33(28-35)45(49-26-24-47(31-49)29-46-23-25-48(44)30-46)42-21-7-3-17-38(42)39-18-4-8-22-43(39)45;/h1-28H,29H2;. The molecule has 51 heavy (non-hydrogen) atoms. The molecule has 2 spiro atoms. The summed E-state index contributed by atoms with van der Waals surface area (Å²) in [6, 6.07) is 53.6. The van der Waals surface area contributed by atoms with Gasteiger partial charge in [0.05, 0.1) is 0 Å². The summed E-state index contributed by atoms with van der Waals surface area (Å²) in [7, 11) is 0. The zero-order valence-corrected chi connectivity index (χ0v) is 29.7. The molecular formula is C45H30N4OPt. The molecule has 6 heteroatoms. The summed E-state index contributed by atoms with van der Waals surface area (Å²) < 4.78 is 9.65. The van der Waals surface area contributed by atoms with E-state index in [1.165, 1.54) is 63.9 Å². The molecule has 0 fully saturated rings. The fourth-order valence-corrected chi connectivity index (χ4v) is 12.8. The molecule has 4 aliphatic heterocycles. The van der Waals surface area contributed by atoms with Crippen molar-refractivity contribution in [3.63, 3.8) is 0 Å². The average molecular weight is 838 g/mol. The van der Waals surface area contributed by atoms with Crippen molar-refractivity contribution in [1.82, 2.24) is 19.6 Å². The molecule has 5 nitrogen and oxygen atoms in total. The van der Waals surface area contributed by atoms with Crippen molar-refractivity contribution in [3.05, 3.63) is 204 Å². The van der Waals surface area contributed by atoms with E-state index in [0.29, 0.717) is 0 Å². The first-order valence-corrected chi connectivity index (χ1v) is 19.6. The van der Waals surface area contributed by atoms with Crippen LogP contribution in [0.4, 0.5) is 0 Å². The van der Waals surface area contributed by atoms with E-state index in [2.05, 4.69) is 190 Å². The molecule has 6 aromatic rings. The second-order valence-electron chi connectivity index (χ2n) is 13.7. The second-order valence-corrected chi connectivity index (χ2v) is 16.3. The summed E-state index contributed by atoms with van der Waals surface area (Å²) in [5, 5.41) is 0. The number of fused-ring (bicyclic) bond motifs is 18. The van der Waals surface area contributed by atoms with Gasteiger partial charge in [0.1, 0.15) is 0 Å². The van der Waals surface area contributed by atoms with Gasteiger partial charge in [0.25, 0.3) is 0 Å². The van der Waals surface area contributed by atoms with Crippen LogP contribution in [-0.4, -0.2) is 34.6 Å². The Morgan fingerprint density at radius 3 is 1.24 bits per heavy atom. The van der Waals surface area contributed by atoms with Gasteiger partial charge >= 0.3 is 306 Å². The van der Waals surface area contributed by atoms with Crippen LogP contribution in [0.1, 0.15) is 33.4 Å². The number of ether oxygens (including phenoxy) is 1. The quantitative estimate of drug-likeness (QED) is 0.153. The summed E-state index contributed by atoms with van der Waals surface area (Å²) in [5.41, 5.74) is 11.5. The number of nitrogens with zero attached hydrogens (tertiary/aromatic N) is 4. The van der Waals surface area contributed by atoms with E-state index in [1.807, 2.05) is 0 Å². The van der Waals surface area contributed by atoms with Crippen molar-refractivity contribution in [1.29, 1.82) is 0 Å². The fraction of sp³-hybridized carbons (Fsp3) is 0.0667. The monoisotopic (exact) mass is 837 g/mol. The Morgan fingerprint density at radius 2 is 0.824 bits per heavy atom. The molecule has 0 radical (unpaired) electrons. The topological polar surface area (TPSA) is 22.2 Å². The van der Waals surface area contributed by atoms with Gasteiger partial charge in [0, 0.05) is 0 Å². The minimum atomic E-state index is -0.727. The predicted octanol–water partition coefficient (Wildman–Crippen LogP) is 8.44. The van der Waals surface area contributed by atoms with Crippen LogP contribution in [0.3, 0.4) is 0 Å². The van der Waals surface area contributed by atoms with E-state index in [0.717, 1.165) is 18.2 Å². The first-order chi connectivity index (χ1) is 25.3. The first-order valence-electron chi connectivity index (χ1n) is 17.4. The van der Waals surface area contributed by atoms with Gasteiger partial charge in [-0.3, -0.25) is 0 Å². The van der Waals surface area contributed by atoms with Crippen LogP contribution < -0.4 is 4.74 Å². The maximum atomic E-state index is 6.91. The molecular weight excluding hydrogens is 808 g/mol. The number of hydrogen-bond donors (Lipinski definition) is 0. The normalized spacial score (nSPS) is 18.7. The van der Waals surface area contributed by atoms with Gasteiger partial charge in [-0.1, -0.05) is 0 Å². The molecule has 0 N–H and O–H groups in total. The van der Waals surface area contributed by atoms with Gasteiger partial charge in [0.2, 0.25) is 0 Å². The van der Waals surface area contributed by atoms with Gasteiger partial charge in [-0.25, -0.2) is 0 Å². The van der Waals surface area contributed by atoms with Gasteiger partial charge in [-0.2, -0.15) is 0 Å². The van der Waals surface area contributed by atoms with Crippen LogP contribution in [-0.2, 0) is 28.7 Å². The maximum absolute atomic E-state index is 6.91. The Hall–Kier alpha value is -5.77. The number of benzene rings is 6. The fourth-order valence-electron chi connectivity index (χ4n) is 9.42. The summed E-state index contributed by atoms with van der Waals surface area (Å²) in [6.07, 6.45) is 9.27. The zero-order chi connectivity index (χ0) is 33.3. The van der Waals surface area contributed by atoms with Crippen LogP contribution >= 0.6 is 0 Å². The van der Waals surface area contributed by atoms with Crippen molar-refractivity contribution >= 4 is 8.29 Å². The molecule has 4 heterocycles. The van der Waals surface area contributed by atoms with Crippen molar-refractivity contribution in [2.45, 2.75) is 11.1 Å². The van der Waals surface area contributed by atoms with Gasteiger partial charge < -0.3 is 0 Å². The van der Waals surface area contributed by atoms with E-state index >= 15 is 0 Å². The van der Waals surface area contributed by atoms with Crippen molar-refractivity contribution in [2.24, 2.45) is 0 Å². The Morgan fingerprint density at radius 1 is 0.431 bits per heavy atom. The van der Waals surface area contributed by atoms with Crippen molar-refractivity contribution in [2.75, 3.05) is 6.67 Å². The SMILES string of the molecule is C1=CN2[C]3=[Pt]=[C]4N(C=CN4C4(c5cccc(c5)Oc5cccc(c5)C25c2ccccc2-c2ccccc25)c2ccccc2-c2ccccc24)CN13. The van der Waals surface area contributed by atoms with E-state index in [-0.39, 0.29) is 0 Å². The molecule has 0 aromatic heterocycles. The Balaban J connectivity index is 1.23. The molecule has 2 aliphatic carbocycles. The van der Waals surface area contributed by atoms with Gasteiger partial charge in [-0.05, 0) is 0 Å². The minimum absolute atomic E-state index is 0.580. The Kier molecular flexibility index (Phi) is 5.45. The Bertz CT molecular complexity index is 2380. The van der Waals surface area contributed by atoms with Crippen LogP contribution in [0.15, 0.2) is 170 Å². The van der Waals surface area contributed by atoms with E-state index in [9.17, 15) is 0 Å². The summed E-state index contributed by atoms with van der Waals surface area (Å²) >= 11 is -0.727. The summed E-state index contributed by atoms with van der Waals surface area (Å²) in [4.78, 5) is 10.2. The average Bonchev–Trinajstić information content (AvgIpc) is 3.93. The van der Waals surface area contributed by atoms with E-state index < -0.39 is 28.7 Å².